The van der Waals surface area contributed by atoms with E-state index in [0.717, 1.165) is 6.54 Å². The third-order valence-electron chi connectivity index (χ3n) is 5.28. The third kappa shape index (κ3) is 6.19. The number of allylic oxidation sites excluding steroid dienone is 3. The molecule has 0 atom stereocenters. The average molecular weight is 395 g/mol. The Hall–Kier alpha value is 0.734. The Balaban J connectivity index is 0. The average Bonchev–Trinajstić information content (AvgIpc) is 2.74. The molecule has 0 amide bonds. The molecule has 0 aromatic carbocycles. The van der Waals surface area contributed by atoms with E-state index in [0.29, 0.717) is 10.8 Å². The van der Waals surface area contributed by atoms with Gasteiger partial charge >= 0.3 is 145 Å². The Morgan fingerprint density at radius 2 is 1.35 bits per heavy atom. The van der Waals surface area contributed by atoms with Crippen molar-refractivity contribution in [2.45, 2.75) is 67.2 Å². The molecule has 0 bridgehead atoms. The molecule has 0 spiro atoms. The quantitative estimate of drug-likeness (QED) is 0.517. The Labute approximate surface area is 169 Å². The minimum Gasteiger partial charge on any atom is -1.00 e. The van der Waals surface area contributed by atoms with Gasteiger partial charge in [-0.1, -0.05) is 0 Å². The van der Waals surface area contributed by atoms with E-state index < -0.39 is 0 Å². The number of halogens is 2. The van der Waals surface area contributed by atoms with E-state index in [1.54, 1.807) is 20.6 Å². The summed E-state index contributed by atoms with van der Waals surface area (Å²) in [7, 11) is 4.36. The van der Waals surface area contributed by atoms with Crippen molar-refractivity contribution in [3.8, 4) is 0 Å². The van der Waals surface area contributed by atoms with Crippen LogP contribution in [-0.2, 0) is 20.4 Å². The predicted octanol–water partition coefficient (Wildman–Crippen LogP) is -0.680. The van der Waals surface area contributed by atoms with Crippen molar-refractivity contribution >= 4 is 0 Å². The van der Waals surface area contributed by atoms with Crippen LogP contribution < -0.4 is 24.8 Å². The molecule has 0 fully saturated rings. The molecule has 133 valence electrons. The van der Waals surface area contributed by atoms with E-state index in [2.05, 4.69) is 81.0 Å². The summed E-state index contributed by atoms with van der Waals surface area (Å²) in [4.78, 5) is 2.31. The van der Waals surface area contributed by atoms with Crippen molar-refractivity contribution in [1.82, 2.24) is 4.90 Å². The van der Waals surface area contributed by atoms with Crippen LogP contribution in [0.2, 0.25) is 0 Å². The van der Waals surface area contributed by atoms with Crippen molar-refractivity contribution in [3.05, 3.63) is 20.6 Å². The maximum Gasteiger partial charge on any atom is -1.00 e. The van der Waals surface area contributed by atoms with Gasteiger partial charge in [0.05, 0.1) is 0 Å². The summed E-state index contributed by atoms with van der Waals surface area (Å²) in [6, 6.07) is 0. The van der Waals surface area contributed by atoms with Crippen LogP contribution in [0.15, 0.2) is 20.6 Å². The molecule has 0 heterocycles. The van der Waals surface area contributed by atoms with Gasteiger partial charge in [-0.05, 0) is 0 Å². The second-order valence-electron chi connectivity index (χ2n) is 8.04. The maximum atomic E-state index is 2.43. The molecule has 0 radical (unpaired) electrons. The minimum absolute atomic E-state index is 0. The molecule has 0 saturated carbocycles. The molecule has 0 saturated heterocycles. The summed E-state index contributed by atoms with van der Waals surface area (Å²) < 4.78 is 1.62. The van der Waals surface area contributed by atoms with Crippen LogP contribution in [0, 0.1) is 10.8 Å². The van der Waals surface area contributed by atoms with Gasteiger partial charge in [-0.3, -0.25) is 0 Å². The van der Waals surface area contributed by atoms with Crippen LogP contribution in [0.3, 0.4) is 0 Å². The standard InChI is InChI=1S/C19H34N.2ClH.Ti/c1-9-18(3,4)16-12-11-15(13-14-20(7)8)17(16)19(5,6)10-2;;;/h9-11,13-14H2,1-8H3;2*1H;/q;;;+2/p-2. The van der Waals surface area contributed by atoms with Gasteiger partial charge < -0.3 is 24.8 Å². The van der Waals surface area contributed by atoms with Gasteiger partial charge in [0.25, 0.3) is 0 Å². The fourth-order valence-electron chi connectivity index (χ4n) is 3.21. The number of nitrogens with zero attached hydrogens (tertiary/aromatic N) is 1. The summed E-state index contributed by atoms with van der Waals surface area (Å²) in [6.45, 7) is 15.5. The minimum atomic E-state index is 0. The Morgan fingerprint density at radius 1 is 0.913 bits per heavy atom. The first-order chi connectivity index (χ1) is 9.56. The molecule has 0 aliphatic heterocycles. The zero-order valence-electron chi connectivity index (χ0n) is 16.2. The molecule has 0 unspecified atom stereocenters. The van der Waals surface area contributed by atoms with Gasteiger partial charge in [0.2, 0.25) is 0 Å². The van der Waals surface area contributed by atoms with E-state index in [-0.39, 0.29) is 24.8 Å². The number of rotatable bonds is 7. The first kappa shape index (κ1) is 26.0. The van der Waals surface area contributed by atoms with Crippen molar-refractivity contribution < 1.29 is 45.2 Å². The second-order valence-corrected chi connectivity index (χ2v) is 8.98. The van der Waals surface area contributed by atoms with E-state index in [4.69, 9.17) is 0 Å². The van der Waals surface area contributed by atoms with Crippen LogP contribution >= 0.6 is 0 Å². The molecule has 23 heavy (non-hydrogen) atoms. The van der Waals surface area contributed by atoms with E-state index in [9.17, 15) is 0 Å². The van der Waals surface area contributed by atoms with E-state index in [1.807, 2.05) is 0 Å². The molecule has 0 aromatic heterocycles. The summed E-state index contributed by atoms with van der Waals surface area (Å²) in [6.07, 6.45) is 4.84. The van der Waals surface area contributed by atoms with Crippen molar-refractivity contribution in [3.63, 3.8) is 0 Å². The van der Waals surface area contributed by atoms with E-state index in [1.165, 1.54) is 25.7 Å². The van der Waals surface area contributed by atoms with Gasteiger partial charge in [0.15, 0.2) is 0 Å². The van der Waals surface area contributed by atoms with Gasteiger partial charge in [-0.25, -0.2) is 0 Å². The van der Waals surface area contributed by atoms with Crippen molar-refractivity contribution in [2.75, 3.05) is 20.6 Å². The molecular formula is C19H34Cl2NTi. The zero-order chi connectivity index (χ0) is 16.4. The topological polar surface area (TPSA) is 3.24 Å². The fourth-order valence-corrected chi connectivity index (χ4v) is 4.26. The predicted molar refractivity (Wildman–Crippen MR) is 90.0 cm³/mol. The SMILES string of the molecule is CCC(C)(C)C1=[C]([Ti+2])CC(CCN(C)C)=C1C(C)(C)CC.[Cl-].[Cl-]. The Morgan fingerprint density at radius 3 is 1.74 bits per heavy atom. The largest absolute Gasteiger partial charge is 1.00 e. The summed E-state index contributed by atoms with van der Waals surface area (Å²) >= 11 is 2.36. The van der Waals surface area contributed by atoms with E-state index >= 15 is 0 Å². The molecule has 4 heteroatoms. The maximum absolute atomic E-state index is 2.43. The first-order valence-corrected chi connectivity index (χ1v) is 9.17. The van der Waals surface area contributed by atoms with Gasteiger partial charge in [0.1, 0.15) is 0 Å². The normalized spacial score (nSPS) is 16.0. The smallest absolute Gasteiger partial charge is 1.00 e. The Bertz CT molecular complexity index is 448. The molecule has 1 rings (SSSR count). The number of hydrogen-bond donors (Lipinski definition) is 0. The van der Waals surface area contributed by atoms with Crippen LogP contribution in [0.25, 0.3) is 0 Å². The third-order valence-corrected chi connectivity index (χ3v) is 5.94. The Kier molecular flexibility index (Phi) is 11.3. The van der Waals surface area contributed by atoms with Crippen LogP contribution in [0.4, 0.5) is 0 Å². The molecular weight excluding hydrogens is 361 g/mol. The molecule has 1 nitrogen and oxygen atoms in total. The summed E-state index contributed by atoms with van der Waals surface area (Å²) in [5, 5.41) is 0. The van der Waals surface area contributed by atoms with Crippen LogP contribution in [0.5, 0.6) is 0 Å². The molecule has 0 N–H and O–H groups in total. The van der Waals surface area contributed by atoms with Gasteiger partial charge in [0, 0.05) is 0 Å². The first-order valence-electron chi connectivity index (χ1n) is 8.39. The summed E-state index contributed by atoms with van der Waals surface area (Å²) in [5.41, 5.74) is 5.65. The van der Waals surface area contributed by atoms with Crippen LogP contribution in [-0.4, -0.2) is 25.5 Å². The van der Waals surface area contributed by atoms with Crippen molar-refractivity contribution in [2.24, 2.45) is 10.8 Å². The summed E-state index contributed by atoms with van der Waals surface area (Å²) in [5.74, 6) is 0. The van der Waals surface area contributed by atoms with Crippen LogP contribution in [0.1, 0.15) is 67.2 Å². The monoisotopic (exact) mass is 394 g/mol. The van der Waals surface area contributed by atoms with Gasteiger partial charge in [-0.15, -0.1) is 0 Å². The molecule has 1 aliphatic rings. The number of hydrogen-bond acceptors (Lipinski definition) is 1. The van der Waals surface area contributed by atoms with Crippen molar-refractivity contribution in [1.29, 1.82) is 0 Å². The van der Waals surface area contributed by atoms with Gasteiger partial charge in [-0.2, -0.15) is 0 Å². The fraction of sp³-hybridized carbons (Fsp3) is 0.789. The second kappa shape index (κ2) is 10.0. The molecule has 0 aromatic rings. The zero-order valence-corrected chi connectivity index (χ0v) is 19.3. The molecule has 1 aliphatic carbocycles.